The fourth-order valence-corrected chi connectivity index (χ4v) is 4.43. The molecule has 3 unspecified atom stereocenters. The molecule has 1 saturated carbocycles. The summed E-state index contributed by atoms with van der Waals surface area (Å²) in [6, 6.07) is 1.05. The van der Waals surface area contributed by atoms with E-state index in [1.807, 2.05) is 0 Å². The van der Waals surface area contributed by atoms with E-state index in [-0.39, 0.29) is 6.17 Å². The third kappa shape index (κ3) is 4.20. The molecule has 3 aliphatic rings. The van der Waals surface area contributed by atoms with Crippen molar-refractivity contribution in [1.29, 1.82) is 0 Å². The first kappa shape index (κ1) is 16.7. The van der Waals surface area contributed by atoms with Gasteiger partial charge in [-0.25, -0.2) is 0 Å². The van der Waals surface area contributed by atoms with Crippen molar-refractivity contribution in [3.05, 3.63) is 0 Å². The van der Waals surface area contributed by atoms with Crippen LogP contribution in [0.25, 0.3) is 0 Å². The van der Waals surface area contributed by atoms with Gasteiger partial charge >= 0.3 is 0 Å². The molecule has 2 aliphatic heterocycles. The average molecular weight is 310 g/mol. The number of fused-ring (bicyclic) bond motifs is 1. The number of nitrogens with two attached hydrogens (primary N) is 1. The molecular weight excluding hydrogens is 274 g/mol. The molecule has 0 aromatic rings. The summed E-state index contributed by atoms with van der Waals surface area (Å²) in [6.07, 6.45) is 16.0. The molecule has 5 heteroatoms. The molecule has 2 saturated heterocycles. The van der Waals surface area contributed by atoms with Crippen molar-refractivity contribution in [3.8, 4) is 0 Å². The lowest BCUT2D eigenvalue weighted by Gasteiger charge is -2.45. The zero-order valence-corrected chi connectivity index (χ0v) is 14.0. The second kappa shape index (κ2) is 8.60. The van der Waals surface area contributed by atoms with E-state index < -0.39 is 0 Å². The summed E-state index contributed by atoms with van der Waals surface area (Å²) in [7, 11) is 0. The molecule has 0 bridgehead atoms. The molecule has 3 fully saturated rings. The Balaban J connectivity index is 1.59. The van der Waals surface area contributed by atoms with Crippen molar-refractivity contribution in [2.75, 3.05) is 13.3 Å². The molecule has 0 aromatic heterocycles. The lowest BCUT2D eigenvalue weighted by molar-refractivity contribution is 0.0385. The van der Waals surface area contributed by atoms with E-state index in [1.54, 1.807) is 0 Å². The highest BCUT2D eigenvalue weighted by molar-refractivity contribution is 4.98. The first-order chi connectivity index (χ1) is 10.9. The highest BCUT2D eigenvalue weighted by Crippen LogP contribution is 2.24. The number of rotatable bonds is 1. The van der Waals surface area contributed by atoms with Gasteiger partial charge in [0, 0.05) is 12.7 Å². The van der Waals surface area contributed by atoms with E-state index in [0.717, 1.165) is 13.3 Å². The van der Waals surface area contributed by atoms with Gasteiger partial charge in [-0.05, 0) is 12.8 Å². The van der Waals surface area contributed by atoms with Crippen LogP contribution in [0.1, 0.15) is 70.6 Å². The lowest BCUT2D eigenvalue weighted by Crippen LogP contribution is -2.69. The summed E-state index contributed by atoms with van der Waals surface area (Å²) in [5.74, 6) is 0. The molecule has 0 radical (unpaired) electrons. The minimum Gasteiger partial charge on any atom is -0.314 e. The Morgan fingerprint density at radius 2 is 1.32 bits per heavy atom. The van der Waals surface area contributed by atoms with Crippen LogP contribution < -0.4 is 21.7 Å². The van der Waals surface area contributed by atoms with E-state index in [2.05, 4.69) is 20.9 Å². The molecule has 3 atom stereocenters. The van der Waals surface area contributed by atoms with E-state index in [4.69, 9.17) is 5.73 Å². The second-order valence-electron chi connectivity index (χ2n) is 7.37. The summed E-state index contributed by atoms with van der Waals surface area (Å²) < 4.78 is 0. The Kier molecular flexibility index (Phi) is 6.51. The third-order valence-electron chi connectivity index (χ3n) is 5.79. The van der Waals surface area contributed by atoms with Crippen LogP contribution in [0, 0.1) is 0 Å². The van der Waals surface area contributed by atoms with Crippen molar-refractivity contribution >= 4 is 0 Å². The van der Waals surface area contributed by atoms with Gasteiger partial charge in [-0.15, -0.1) is 0 Å². The molecule has 5 N–H and O–H groups in total. The Morgan fingerprint density at radius 3 is 1.95 bits per heavy atom. The summed E-state index contributed by atoms with van der Waals surface area (Å²) in [5.41, 5.74) is 6.21. The van der Waals surface area contributed by atoms with Crippen LogP contribution in [-0.4, -0.2) is 42.7 Å². The number of hydrogen-bond acceptors (Lipinski definition) is 5. The van der Waals surface area contributed by atoms with Gasteiger partial charge in [0.25, 0.3) is 0 Å². The maximum absolute atomic E-state index is 6.21. The normalized spacial score (nSPS) is 37.2. The van der Waals surface area contributed by atoms with Gasteiger partial charge in [-0.3, -0.25) is 20.9 Å². The van der Waals surface area contributed by atoms with Gasteiger partial charge in [0.1, 0.15) is 0 Å². The molecule has 22 heavy (non-hydrogen) atoms. The van der Waals surface area contributed by atoms with Crippen LogP contribution in [-0.2, 0) is 0 Å². The third-order valence-corrected chi connectivity index (χ3v) is 5.79. The number of nitrogens with one attached hydrogen (secondary N) is 3. The van der Waals surface area contributed by atoms with Gasteiger partial charge in [-0.2, -0.15) is 0 Å². The number of hydrogen-bond donors (Lipinski definition) is 4. The van der Waals surface area contributed by atoms with Gasteiger partial charge in [0.2, 0.25) is 0 Å². The molecular formula is C17H35N5. The molecule has 0 aromatic carbocycles. The number of nitrogens with zero attached hydrogens (tertiary/aromatic N) is 1. The second-order valence-corrected chi connectivity index (χ2v) is 7.37. The van der Waals surface area contributed by atoms with Crippen molar-refractivity contribution in [2.24, 2.45) is 5.73 Å². The van der Waals surface area contributed by atoms with E-state index in [1.165, 1.54) is 70.6 Å². The molecule has 128 valence electrons. The van der Waals surface area contributed by atoms with Crippen LogP contribution in [0.5, 0.6) is 0 Å². The van der Waals surface area contributed by atoms with Gasteiger partial charge in [0.15, 0.2) is 0 Å². The fraction of sp³-hybridized carbons (Fsp3) is 1.00. The Morgan fingerprint density at radius 1 is 0.727 bits per heavy atom. The van der Waals surface area contributed by atoms with Crippen LogP contribution in [0.15, 0.2) is 0 Å². The first-order valence-electron chi connectivity index (χ1n) is 9.58. The predicted octanol–water partition coefficient (Wildman–Crippen LogP) is 1.65. The van der Waals surface area contributed by atoms with Crippen molar-refractivity contribution in [3.63, 3.8) is 0 Å². The summed E-state index contributed by atoms with van der Waals surface area (Å²) in [5, 5.41) is 10.6. The maximum Gasteiger partial charge on any atom is 0.0806 e. The zero-order valence-electron chi connectivity index (χ0n) is 14.0. The van der Waals surface area contributed by atoms with E-state index in [0.29, 0.717) is 18.2 Å². The zero-order chi connectivity index (χ0) is 15.2. The molecule has 1 aliphatic carbocycles. The Hall–Kier alpha value is -0.200. The van der Waals surface area contributed by atoms with Crippen molar-refractivity contribution < 1.29 is 0 Å². The maximum atomic E-state index is 6.21. The van der Waals surface area contributed by atoms with Gasteiger partial charge < -0.3 is 5.73 Å². The van der Waals surface area contributed by atoms with Crippen LogP contribution in [0.3, 0.4) is 0 Å². The SMILES string of the molecule is NC1NCN(C2CCCCCCCCCCC2)C2NCNC12. The fourth-order valence-electron chi connectivity index (χ4n) is 4.43. The largest absolute Gasteiger partial charge is 0.314 e. The minimum absolute atomic E-state index is 0.0718. The van der Waals surface area contributed by atoms with E-state index >= 15 is 0 Å². The van der Waals surface area contributed by atoms with Crippen LogP contribution in [0.2, 0.25) is 0 Å². The molecule has 0 spiro atoms. The highest BCUT2D eigenvalue weighted by atomic mass is 15.5. The molecule has 0 amide bonds. The van der Waals surface area contributed by atoms with Crippen LogP contribution >= 0.6 is 0 Å². The Labute approximate surface area is 135 Å². The quantitative estimate of drug-likeness (QED) is 0.593. The predicted molar refractivity (Wildman–Crippen MR) is 91.1 cm³/mol. The lowest BCUT2D eigenvalue weighted by atomic mass is 9.95. The minimum atomic E-state index is 0.0718. The molecule has 2 heterocycles. The first-order valence-corrected chi connectivity index (χ1v) is 9.58. The van der Waals surface area contributed by atoms with Gasteiger partial charge in [0.05, 0.1) is 25.0 Å². The van der Waals surface area contributed by atoms with Crippen molar-refractivity contribution in [1.82, 2.24) is 20.9 Å². The summed E-state index contributed by atoms with van der Waals surface area (Å²) >= 11 is 0. The molecule has 5 nitrogen and oxygen atoms in total. The van der Waals surface area contributed by atoms with Crippen molar-refractivity contribution in [2.45, 2.75) is 95.0 Å². The van der Waals surface area contributed by atoms with E-state index in [9.17, 15) is 0 Å². The van der Waals surface area contributed by atoms with Crippen LogP contribution in [0.4, 0.5) is 0 Å². The molecule has 3 rings (SSSR count). The summed E-state index contributed by atoms with van der Waals surface area (Å²) in [6.45, 7) is 1.82. The van der Waals surface area contributed by atoms with Gasteiger partial charge in [-0.1, -0.05) is 57.8 Å². The topological polar surface area (TPSA) is 65.3 Å². The monoisotopic (exact) mass is 309 g/mol. The highest BCUT2D eigenvalue weighted by Gasteiger charge is 2.41. The summed E-state index contributed by atoms with van der Waals surface area (Å²) in [4.78, 5) is 2.65. The standard InChI is InChI=1S/C17H35N5/c18-16-15-17(20-12-19-15)22(13-21-16)14-10-8-6-4-2-1-3-5-7-9-11-14/h14-17,19-21H,1-13,18H2. The average Bonchev–Trinajstić information content (AvgIpc) is 2.99. The Bertz CT molecular complexity index is 312. The smallest absolute Gasteiger partial charge is 0.0806 e.